The maximum absolute atomic E-state index is 4.36. The Labute approximate surface area is 121 Å². The van der Waals surface area contributed by atoms with Crippen molar-refractivity contribution in [1.82, 2.24) is 15.2 Å². The van der Waals surface area contributed by atoms with Crippen LogP contribution in [0.15, 0.2) is 34.9 Å². The molecule has 0 bridgehead atoms. The zero-order valence-corrected chi connectivity index (χ0v) is 12.3. The summed E-state index contributed by atoms with van der Waals surface area (Å²) in [5.74, 6) is 1.21. The van der Waals surface area contributed by atoms with Crippen molar-refractivity contribution in [3.63, 3.8) is 0 Å². The fourth-order valence-corrected chi connectivity index (χ4v) is 1.90. The lowest BCUT2D eigenvalue weighted by atomic mass is 10.3. The Hall–Kier alpha value is -1.69. The molecule has 100 valence electrons. The van der Waals surface area contributed by atoms with E-state index in [9.17, 15) is 0 Å². The van der Waals surface area contributed by atoms with E-state index in [0.29, 0.717) is 5.95 Å². The van der Waals surface area contributed by atoms with Gasteiger partial charge in [-0.15, -0.1) is 5.10 Å². The number of rotatable bonds is 6. The molecule has 2 N–H and O–H groups in total. The molecule has 0 fully saturated rings. The Morgan fingerprint density at radius 2 is 2.11 bits per heavy atom. The summed E-state index contributed by atoms with van der Waals surface area (Å²) in [6, 6.07) is 7.81. The predicted molar refractivity (Wildman–Crippen MR) is 80.6 cm³/mol. The molecule has 2 rings (SSSR count). The summed E-state index contributed by atoms with van der Waals surface area (Å²) in [5, 5.41) is 14.3. The van der Waals surface area contributed by atoms with Crippen molar-refractivity contribution in [2.24, 2.45) is 0 Å². The van der Waals surface area contributed by atoms with Gasteiger partial charge in [0.1, 0.15) is 0 Å². The molecule has 0 aliphatic heterocycles. The van der Waals surface area contributed by atoms with Crippen molar-refractivity contribution in [2.75, 3.05) is 17.2 Å². The van der Waals surface area contributed by atoms with E-state index in [1.807, 2.05) is 24.3 Å². The van der Waals surface area contributed by atoms with E-state index in [4.69, 9.17) is 0 Å². The normalized spacial score (nSPS) is 10.2. The van der Waals surface area contributed by atoms with Gasteiger partial charge in [0.15, 0.2) is 5.82 Å². The Morgan fingerprint density at radius 1 is 1.26 bits per heavy atom. The quantitative estimate of drug-likeness (QED) is 0.796. The summed E-state index contributed by atoms with van der Waals surface area (Å²) in [6.07, 6.45) is 3.88. The topological polar surface area (TPSA) is 62.7 Å². The van der Waals surface area contributed by atoms with Crippen molar-refractivity contribution < 1.29 is 0 Å². The molecule has 19 heavy (non-hydrogen) atoms. The van der Waals surface area contributed by atoms with Crippen LogP contribution in [0, 0.1) is 0 Å². The smallest absolute Gasteiger partial charge is 0.249 e. The van der Waals surface area contributed by atoms with Gasteiger partial charge in [0.25, 0.3) is 0 Å². The molecule has 1 aromatic carbocycles. The van der Waals surface area contributed by atoms with Gasteiger partial charge in [0, 0.05) is 11.0 Å². The van der Waals surface area contributed by atoms with Crippen molar-refractivity contribution in [1.29, 1.82) is 0 Å². The second kappa shape index (κ2) is 7.04. The van der Waals surface area contributed by atoms with Crippen LogP contribution >= 0.6 is 15.9 Å². The van der Waals surface area contributed by atoms with E-state index >= 15 is 0 Å². The fraction of sp³-hybridized carbons (Fsp3) is 0.308. The monoisotopic (exact) mass is 321 g/mol. The number of anilines is 3. The SMILES string of the molecule is CCCCNc1cnnc(Nc2ccccc2Br)n1. The van der Waals surface area contributed by atoms with Gasteiger partial charge in [-0.05, 0) is 34.5 Å². The van der Waals surface area contributed by atoms with Gasteiger partial charge < -0.3 is 10.6 Å². The summed E-state index contributed by atoms with van der Waals surface area (Å²) < 4.78 is 0.961. The molecule has 1 aromatic heterocycles. The van der Waals surface area contributed by atoms with E-state index in [2.05, 4.69) is 48.7 Å². The first-order valence-electron chi connectivity index (χ1n) is 6.24. The lowest BCUT2D eigenvalue weighted by Crippen LogP contribution is -2.06. The van der Waals surface area contributed by atoms with Gasteiger partial charge in [-0.25, -0.2) is 0 Å². The minimum Gasteiger partial charge on any atom is -0.369 e. The van der Waals surface area contributed by atoms with Crippen LogP contribution in [0.3, 0.4) is 0 Å². The van der Waals surface area contributed by atoms with E-state index in [0.717, 1.165) is 35.4 Å². The zero-order chi connectivity index (χ0) is 13.5. The van der Waals surface area contributed by atoms with Gasteiger partial charge in [0.05, 0.1) is 11.9 Å². The first-order chi connectivity index (χ1) is 9.29. The van der Waals surface area contributed by atoms with Crippen LogP contribution in [0.5, 0.6) is 0 Å². The molecule has 0 spiro atoms. The number of halogens is 1. The molecular formula is C13H16BrN5. The number of para-hydroxylation sites is 1. The summed E-state index contributed by atoms with van der Waals surface area (Å²) in [6.45, 7) is 3.05. The van der Waals surface area contributed by atoms with Crippen LogP contribution in [0.25, 0.3) is 0 Å². The average molecular weight is 322 g/mol. The second-order valence-corrected chi connectivity index (χ2v) is 4.90. The number of nitrogens with zero attached hydrogens (tertiary/aromatic N) is 3. The molecule has 0 saturated carbocycles. The number of benzene rings is 1. The van der Waals surface area contributed by atoms with Gasteiger partial charge in [0.2, 0.25) is 5.95 Å². The van der Waals surface area contributed by atoms with Gasteiger partial charge >= 0.3 is 0 Å². The highest BCUT2D eigenvalue weighted by molar-refractivity contribution is 9.10. The van der Waals surface area contributed by atoms with Crippen molar-refractivity contribution in [2.45, 2.75) is 19.8 Å². The van der Waals surface area contributed by atoms with Crippen molar-refractivity contribution >= 4 is 33.4 Å². The molecule has 0 radical (unpaired) electrons. The minimum absolute atomic E-state index is 0.480. The van der Waals surface area contributed by atoms with Gasteiger partial charge in [-0.1, -0.05) is 25.5 Å². The molecule has 2 aromatic rings. The number of nitrogens with one attached hydrogen (secondary N) is 2. The Kier molecular flexibility index (Phi) is 5.09. The van der Waals surface area contributed by atoms with Crippen molar-refractivity contribution in [3.8, 4) is 0 Å². The lowest BCUT2D eigenvalue weighted by Gasteiger charge is -2.08. The minimum atomic E-state index is 0.480. The summed E-state index contributed by atoms with van der Waals surface area (Å²) in [5.41, 5.74) is 0.912. The van der Waals surface area contributed by atoms with Crippen LogP contribution in [-0.4, -0.2) is 21.7 Å². The average Bonchev–Trinajstić information content (AvgIpc) is 2.42. The molecule has 0 atom stereocenters. The highest BCUT2D eigenvalue weighted by atomic mass is 79.9. The molecule has 0 aliphatic rings. The van der Waals surface area contributed by atoms with Crippen LogP contribution in [0.2, 0.25) is 0 Å². The summed E-state index contributed by atoms with van der Waals surface area (Å²) >= 11 is 3.47. The maximum Gasteiger partial charge on any atom is 0.249 e. The van der Waals surface area contributed by atoms with E-state index < -0.39 is 0 Å². The Bertz CT molecular complexity index is 532. The molecule has 0 unspecified atom stereocenters. The second-order valence-electron chi connectivity index (χ2n) is 4.05. The molecule has 5 nitrogen and oxygen atoms in total. The Morgan fingerprint density at radius 3 is 2.89 bits per heavy atom. The molecule has 0 aliphatic carbocycles. The highest BCUT2D eigenvalue weighted by Gasteiger charge is 2.03. The first kappa shape index (κ1) is 13.7. The largest absolute Gasteiger partial charge is 0.369 e. The third-order valence-electron chi connectivity index (χ3n) is 2.52. The van der Waals surface area contributed by atoms with Crippen molar-refractivity contribution in [3.05, 3.63) is 34.9 Å². The fourth-order valence-electron chi connectivity index (χ4n) is 1.52. The van der Waals surface area contributed by atoms with Crippen LogP contribution in [-0.2, 0) is 0 Å². The maximum atomic E-state index is 4.36. The summed E-state index contributed by atoms with van der Waals surface area (Å²) in [4.78, 5) is 4.36. The predicted octanol–water partition coefficient (Wildman–Crippen LogP) is 3.59. The molecule has 1 heterocycles. The van der Waals surface area contributed by atoms with Crippen LogP contribution in [0.4, 0.5) is 17.5 Å². The van der Waals surface area contributed by atoms with Crippen LogP contribution < -0.4 is 10.6 Å². The number of hydrogen-bond acceptors (Lipinski definition) is 5. The first-order valence-corrected chi connectivity index (χ1v) is 7.04. The number of hydrogen-bond donors (Lipinski definition) is 2. The van der Waals surface area contributed by atoms with Gasteiger partial charge in [-0.3, -0.25) is 0 Å². The summed E-state index contributed by atoms with van der Waals surface area (Å²) in [7, 11) is 0. The highest BCUT2D eigenvalue weighted by Crippen LogP contribution is 2.23. The van der Waals surface area contributed by atoms with E-state index in [-0.39, 0.29) is 0 Å². The number of unbranched alkanes of at least 4 members (excludes halogenated alkanes) is 1. The van der Waals surface area contributed by atoms with E-state index in [1.54, 1.807) is 6.20 Å². The van der Waals surface area contributed by atoms with E-state index in [1.165, 1.54) is 0 Å². The molecule has 0 amide bonds. The lowest BCUT2D eigenvalue weighted by molar-refractivity contribution is 0.827. The third-order valence-corrected chi connectivity index (χ3v) is 3.21. The molecular weight excluding hydrogens is 306 g/mol. The molecule has 0 saturated heterocycles. The number of aromatic nitrogens is 3. The standard InChI is InChI=1S/C13H16BrN5/c1-2-3-8-15-12-9-16-19-13(18-12)17-11-7-5-4-6-10(11)14/h4-7,9H,2-3,8H2,1H3,(H2,15,17,18,19). The zero-order valence-electron chi connectivity index (χ0n) is 10.7. The molecule has 6 heteroatoms. The van der Waals surface area contributed by atoms with Crippen LogP contribution in [0.1, 0.15) is 19.8 Å². The third kappa shape index (κ3) is 4.17. The van der Waals surface area contributed by atoms with Gasteiger partial charge in [-0.2, -0.15) is 10.1 Å². The Balaban J connectivity index is 2.05.